The Bertz CT molecular complexity index is 609. The molecule has 4 heteroatoms. The highest BCUT2D eigenvalue weighted by Gasteiger charge is 2.10. The van der Waals surface area contributed by atoms with Crippen molar-refractivity contribution in [3.63, 3.8) is 0 Å². The molecular weight excluding hydrogens is 240 g/mol. The lowest BCUT2D eigenvalue weighted by atomic mass is 10.1. The van der Waals surface area contributed by atoms with Gasteiger partial charge in [-0.3, -0.25) is 4.79 Å². The molecular formula is C15H16N2O2. The van der Waals surface area contributed by atoms with Gasteiger partial charge in [-0.25, -0.2) is 0 Å². The average Bonchev–Trinajstić information content (AvgIpc) is 2.39. The zero-order valence-corrected chi connectivity index (χ0v) is 10.7. The van der Waals surface area contributed by atoms with E-state index in [0.717, 1.165) is 11.1 Å². The minimum atomic E-state index is -0.302. The molecule has 0 spiro atoms. The summed E-state index contributed by atoms with van der Waals surface area (Å²) >= 11 is 0. The van der Waals surface area contributed by atoms with Crippen LogP contribution in [0.15, 0.2) is 42.5 Å². The number of aromatic hydroxyl groups is 1. The summed E-state index contributed by atoms with van der Waals surface area (Å²) in [6.45, 7) is 2.24. The van der Waals surface area contributed by atoms with Crippen LogP contribution in [0.4, 0.5) is 5.69 Å². The Morgan fingerprint density at radius 2 is 2.05 bits per heavy atom. The van der Waals surface area contributed by atoms with Gasteiger partial charge in [-0.2, -0.15) is 0 Å². The number of amides is 1. The van der Waals surface area contributed by atoms with Crippen molar-refractivity contribution in [1.82, 2.24) is 5.32 Å². The molecule has 0 saturated heterocycles. The van der Waals surface area contributed by atoms with E-state index in [9.17, 15) is 9.90 Å². The molecule has 0 aliphatic carbocycles. The van der Waals surface area contributed by atoms with Crippen molar-refractivity contribution in [3.8, 4) is 5.75 Å². The molecule has 0 atom stereocenters. The first-order valence-corrected chi connectivity index (χ1v) is 5.98. The fourth-order valence-electron chi connectivity index (χ4n) is 1.81. The van der Waals surface area contributed by atoms with Crippen LogP contribution in [0.2, 0.25) is 0 Å². The second kappa shape index (κ2) is 5.44. The van der Waals surface area contributed by atoms with E-state index in [1.807, 2.05) is 19.1 Å². The van der Waals surface area contributed by atoms with Gasteiger partial charge in [0.25, 0.3) is 5.91 Å². The molecule has 0 aliphatic heterocycles. The maximum absolute atomic E-state index is 12.0. The summed E-state index contributed by atoms with van der Waals surface area (Å²) < 4.78 is 0. The predicted molar refractivity (Wildman–Crippen MR) is 74.9 cm³/mol. The third-order valence-electron chi connectivity index (χ3n) is 2.80. The van der Waals surface area contributed by atoms with Gasteiger partial charge in [-0.05, 0) is 36.8 Å². The predicted octanol–water partition coefficient (Wildman–Crippen LogP) is 2.21. The van der Waals surface area contributed by atoms with Gasteiger partial charge >= 0.3 is 0 Å². The standard InChI is InChI=1S/C15H16N2O2/c1-10-5-6-14(18)13(7-10)15(19)17-9-11-3-2-4-12(16)8-11/h2-8,18H,9,16H2,1H3,(H,17,19). The van der Waals surface area contributed by atoms with Crippen LogP contribution in [0, 0.1) is 6.92 Å². The van der Waals surface area contributed by atoms with E-state index >= 15 is 0 Å². The summed E-state index contributed by atoms with van der Waals surface area (Å²) in [5.74, 6) is -0.320. The second-order valence-corrected chi connectivity index (χ2v) is 4.45. The minimum absolute atomic E-state index is 0.0179. The third-order valence-corrected chi connectivity index (χ3v) is 2.80. The number of phenols is 1. The smallest absolute Gasteiger partial charge is 0.255 e. The van der Waals surface area contributed by atoms with Crippen molar-refractivity contribution >= 4 is 11.6 Å². The summed E-state index contributed by atoms with van der Waals surface area (Å²) in [6, 6.07) is 12.2. The van der Waals surface area contributed by atoms with Crippen LogP contribution in [-0.2, 0) is 6.54 Å². The molecule has 0 saturated carbocycles. The Kier molecular flexibility index (Phi) is 3.71. The number of anilines is 1. The summed E-state index contributed by atoms with van der Waals surface area (Å²) in [7, 11) is 0. The number of hydrogen-bond donors (Lipinski definition) is 3. The molecule has 0 bridgehead atoms. The number of rotatable bonds is 3. The monoisotopic (exact) mass is 256 g/mol. The van der Waals surface area contributed by atoms with E-state index in [0.29, 0.717) is 12.2 Å². The van der Waals surface area contributed by atoms with Crippen LogP contribution in [0.5, 0.6) is 5.75 Å². The maximum Gasteiger partial charge on any atom is 0.255 e. The van der Waals surface area contributed by atoms with Crippen molar-refractivity contribution in [1.29, 1.82) is 0 Å². The molecule has 0 aromatic heterocycles. The first-order chi connectivity index (χ1) is 9.06. The quantitative estimate of drug-likeness (QED) is 0.737. The van der Waals surface area contributed by atoms with Gasteiger partial charge < -0.3 is 16.2 Å². The lowest BCUT2D eigenvalue weighted by Gasteiger charge is -2.08. The lowest BCUT2D eigenvalue weighted by Crippen LogP contribution is -2.23. The summed E-state index contributed by atoms with van der Waals surface area (Å²) in [4.78, 5) is 12.0. The van der Waals surface area contributed by atoms with Gasteiger partial charge in [-0.15, -0.1) is 0 Å². The van der Waals surface area contributed by atoms with Gasteiger partial charge in [0.2, 0.25) is 0 Å². The summed E-state index contributed by atoms with van der Waals surface area (Å²) in [5.41, 5.74) is 8.45. The third kappa shape index (κ3) is 3.25. The topological polar surface area (TPSA) is 75.3 Å². The molecule has 19 heavy (non-hydrogen) atoms. The minimum Gasteiger partial charge on any atom is -0.507 e. The largest absolute Gasteiger partial charge is 0.507 e. The normalized spacial score (nSPS) is 10.2. The van der Waals surface area contributed by atoms with Crippen molar-refractivity contribution in [2.45, 2.75) is 13.5 Å². The molecule has 1 amide bonds. The number of nitrogens with two attached hydrogens (primary N) is 1. The summed E-state index contributed by atoms with van der Waals surface area (Å²) in [6.07, 6.45) is 0. The van der Waals surface area contributed by atoms with E-state index in [2.05, 4.69) is 5.32 Å². The van der Waals surface area contributed by atoms with Gasteiger partial charge in [0.15, 0.2) is 0 Å². The number of carbonyl (C=O) groups excluding carboxylic acids is 1. The number of phenolic OH excluding ortho intramolecular Hbond substituents is 1. The number of hydrogen-bond acceptors (Lipinski definition) is 3. The van der Waals surface area contributed by atoms with E-state index in [1.54, 1.807) is 24.3 Å². The van der Waals surface area contributed by atoms with Crippen molar-refractivity contribution in [2.75, 3.05) is 5.73 Å². The molecule has 0 fully saturated rings. The van der Waals surface area contributed by atoms with E-state index in [4.69, 9.17) is 5.73 Å². The van der Waals surface area contributed by atoms with Crippen molar-refractivity contribution in [3.05, 3.63) is 59.2 Å². The lowest BCUT2D eigenvalue weighted by molar-refractivity contribution is 0.0948. The summed E-state index contributed by atoms with van der Waals surface area (Å²) in [5, 5.41) is 12.4. The highest BCUT2D eigenvalue weighted by molar-refractivity contribution is 5.96. The molecule has 4 N–H and O–H groups in total. The fraction of sp³-hybridized carbons (Fsp3) is 0.133. The van der Waals surface area contributed by atoms with Gasteiger partial charge in [0.1, 0.15) is 5.75 Å². The van der Waals surface area contributed by atoms with E-state index < -0.39 is 0 Å². The number of nitrogens with one attached hydrogen (secondary N) is 1. The van der Waals surface area contributed by atoms with Crippen molar-refractivity contribution < 1.29 is 9.90 Å². The Labute approximate surface area is 111 Å². The van der Waals surface area contributed by atoms with Gasteiger partial charge in [0, 0.05) is 12.2 Å². The molecule has 2 aromatic carbocycles. The number of nitrogen functional groups attached to an aromatic ring is 1. The maximum atomic E-state index is 12.0. The van der Waals surface area contributed by atoms with Crippen LogP contribution in [-0.4, -0.2) is 11.0 Å². The SMILES string of the molecule is Cc1ccc(O)c(C(=O)NCc2cccc(N)c2)c1. The van der Waals surface area contributed by atoms with E-state index in [1.165, 1.54) is 6.07 Å². The fourth-order valence-corrected chi connectivity index (χ4v) is 1.81. The molecule has 98 valence electrons. The Morgan fingerprint density at radius 1 is 1.26 bits per heavy atom. The highest BCUT2D eigenvalue weighted by atomic mass is 16.3. The number of carbonyl (C=O) groups is 1. The van der Waals surface area contributed by atoms with Crippen LogP contribution < -0.4 is 11.1 Å². The second-order valence-electron chi connectivity index (χ2n) is 4.45. The Morgan fingerprint density at radius 3 is 2.79 bits per heavy atom. The Balaban J connectivity index is 2.07. The van der Waals surface area contributed by atoms with E-state index in [-0.39, 0.29) is 17.2 Å². The van der Waals surface area contributed by atoms with Crippen LogP contribution in [0.1, 0.15) is 21.5 Å². The molecule has 2 rings (SSSR count). The van der Waals surface area contributed by atoms with Gasteiger partial charge in [0.05, 0.1) is 5.56 Å². The molecule has 0 heterocycles. The first kappa shape index (κ1) is 13.0. The van der Waals surface area contributed by atoms with Crippen LogP contribution in [0.3, 0.4) is 0 Å². The average molecular weight is 256 g/mol. The van der Waals surface area contributed by atoms with Crippen LogP contribution >= 0.6 is 0 Å². The zero-order chi connectivity index (χ0) is 13.8. The molecule has 4 nitrogen and oxygen atoms in total. The van der Waals surface area contributed by atoms with Crippen molar-refractivity contribution in [2.24, 2.45) is 0 Å². The molecule has 0 radical (unpaired) electrons. The number of aryl methyl sites for hydroxylation is 1. The molecule has 2 aromatic rings. The number of benzene rings is 2. The Hall–Kier alpha value is -2.49. The first-order valence-electron chi connectivity index (χ1n) is 5.98. The highest BCUT2D eigenvalue weighted by Crippen LogP contribution is 2.18. The zero-order valence-electron chi connectivity index (χ0n) is 10.7. The van der Waals surface area contributed by atoms with Gasteiger partial charge in [-0.1, -0.05) is 23.8 Å². The molecule has 0 unspecified atom stereocenters. The molecule has 0 aliphatic rings. The van der Waals surface area contributed by atoms with Crippen LogP contribution in [0.25, 0.3) is 0 Å².